The topological polar surface area (TPSA) is 93.1 Å². The molecule has 0 aromatic rings. The molecule has 5 fully saturated rings. The van der Waals surface area contributed by atoms with Gasteiger partial charge < -0.3 is 19.5 Å². The van der Waals surface area contributed by atoms with Crippen LogP contribution < -0.4 is 0 Å². The molecule has 5 rings (SSSR count). The lowest BCUT2D eigenvalue weighted by atomic mass is 9.58. The van der Waals surface area contributed by atoms with E-state index < -0.39 is 29.1 Å². The fourth-order valence-electron chi connectivity index (χ4n) is 7.53. The van der Waals surface area contributed by atoms with Gasteiger partial charge >= 0.3 is 11.9 Å². The minimum atomic E-state index is -1.31. The van der Waals surface area contributed by atoms with Crippen molar-refractivity contribution in [2.75, 3.05) is 6.54 Å². The second-order valence-electron chi connectivity index (χ2n) is 9.97. The lowest BCUT2D eigenvalue weighted by Crippen LogP contribution is -2.69. The third-order valence-electron chi connectivity index (χ3n) is 8.78. The third-order valence-corrected chi connectivity index (χ3v) is 8.78. The van der Waals surface area contributed by atoms with Crippen LogP contribution in [0.25, 0.3) is 0 Å². The van der Waals surface area contributed by atoms with Gasteiger partial charge in [0, 0.05) is 24.8 Å². The molecule has 1 N–H and O–H groups in total. The highest BCUT2D eigenvalue weighted by atomic mass is 16.6. The molecule has 29 heavy (non-hydrogen) atoms. The smallest absolute Gasteiger partial charge is 0.309 e. The van der Waals surface area contributed by atoms with Gasteiger partial charge in [-0.15, -0.1) is 0 Å². The quantitative estimate of drug-likeness (QED) is 0.703. The molecule has 0 aromatic heterocycles. The Morgan fingerprint density at radius 1 is 1.14 bits per heavy atom. The van der Waals surface area contributed by atoms with Crippen LogP contribution >= 0.6 is 0 Å². The number of carbonyl (C=O) groups excluding carboxylic acids is 3. The maximum atomic E-state index is 14.0. The molecule has 0 aromatic carbocycles. The molecule has 1 spiro atoms. The van der Waals surface area contributed by atoms with Gasteiger partial charge in [0.25, 0.3) is 0 Å². The molecule has 4 aliphatic heterocycles. The fraction of sp³-hybridized carbons (Fsp3) is 0.864. The second-order valence-corrected chi connectivity index (χ2v) is 9.97. The van der Waals surface area contributed by atoms with Crippen molar-refractivity contribution in [3.8, 4) is 0 Å². The number of cyclic esters (lactones) is 1. The van der Waals surface area contributed by atoms with Crippen molar-refractivity contribution < 1.29 is 29.0 Å². The maximum absolute atomic E-state index is 14.0. The first-order chi connectivity index (χ1) is 13.8. The summed E-state index contributed by atoms with van der Waals surface area (Å²) in [4.78, 5) is 40.4. The van der Waals surface area contributed by atoms with Gasteiger partial charge in [-0.1, -0.05) is 27.2 Å². The highest BCUT2D eigenvalue weighted by Crippen LogP contribution is 2.67. The standard InChI is InChI=1S/C22H31NO6/c1-4-13-17-16(12(3)19(25)29-17)22(27)10-14(15-9-11(2)18(24)28-15)23-8-6-5-7-21(13,22)20(23)26/h11-17,27H,4-10H2,1-3H3/t11-,12-,13-,14-,15-,16-,17-,21+,22+/m1/s1. The second kappa shape index (κ2) is 6.19. The summed E-state index contributed by atoms with van der Waals surface area (Å²) >= 11 is 0. The summed E-state index contributed by atoms with van der Waals surface area (Å²) < 4.78 is 11.4. The molecule has 5 aliphatic rings. The molecule has 9 atom stereocenters. The van der Waals surface area contributed by atoms with Crippen molar-refractivity contribution in [1.29, 1.82) is 0 Å². The lowest BCUT2D eigenvalue weighted by molar-refractivity contribution is -0.200. The number of ether oxygens (including phenoxy) is 2. The van der Waals surface area contributed by atoms with Gasteiger partial charge in [-0.3, -0.25) is 14.4 Å². The molecule has 7 nitrogen and oxygen atoms in total. The summed E-state index contributed by atoms with van der Waals surface area (Å²) in [6, 6.07) is -0.341. The molecule has 7 heteroatoms. The van der Waals surface area contributed by atoms with Crippen molar-refractivity contribution in [2.45, 2.75) is 83.1 Å². The molecule has 1 aliphatic carbocycles. The summed E-state index contributed by atoms with van der Waals surface area (Å²) in [6.45, 7) is 6.31. The number of hydrogen-bond acceptors (Lipinski definition) is 6. The summed E-state index contributed by atoms with van der Waals surface area (Å²) in [6.07, 6.45) is 3.14. The monoisotopic (exact) mass is 405 g/mol. The molecular weight excluding hydrogens is 374 g/mol. The summed E-state index contributed by atoms with van der Waals surface area (Å²) in [5.74, 6) is -1.72. The first-order valence-corrected chi connectivity index (χ1v) is 11.2. The van der Waals surface area contributed by atoms with Crippen molar-refractivity contribution >= 4 is 17.8 Å². The van der Waals surface area contributed by atoms with Gasteiger partial charge in [0.1, 0.15) is 12.2 Å². The van der Waals surface area contributed by atoms with E-state index >= 15 is 0 Å². The Balaban J connectivity index is 1.63. The van der Waals surface area contributed by atoms with Crippen LogP contribution in [0.15, 0.2) is 0 Å². The largest absolute Gasteiger partial charge is 0.461 e. The van der Waals surface area contributed by atoms with Crippen LogP contribution in [0.3, 0.4) is 0 Å². The molecule has 2 bridgehead atoms. The van der Waals surface area contributed by atoms with E-state index in [0.717, 1.165) is 12.8 Å². The van der Waals surface area contributed by atoms with E-state index in [1.54, 1.807) is 0 Å². The predicted molar refractivity (Wildman–Crippen MR) is 101 cm³/mol. The van der Waals surface area contributed by atoms with Crippen molar-refractivity contribution in [3.05, 3.63) is 0 Å². The zero-order valence-corrected chi connectivity index (χ0v) is 17.4. The number of aliphatic hydroxyl groups is 1. The van der Waals surface area contributed by atoms with Crippen molar-refractivity contribution in [1.82, 2.24) is 4.90 Å². The Kier molecular flexibility index (Phi) is 4.13. The predicted octanol–water partition coefficient (Wildman–Crippen LogP) is 1.66. The summed E-state index contributed by atoms with van der Waals surface area (Å²) in [7, 11) is 0. The maximum Gasteiger partial charge on any atom is 0.309 e. The van der Waals surface area contributed by atoms with Crippen molar-refractivity contribution in [2.24, 2.45) is 29.1 Å². The number of hydrogen-bond donors (Lipinski definition) is 1. The van der Waals surface area contributed by atoms with Crippen LogP contribution in [-0.2, 0) is 23.9 Å². The van der Waals surface area contributed by atoms with Gasteiger partial charge in [0.2, 0.25) is 5.91 Å². The highest BCUT2D eigenvalue weighted by Gasteiger charge is 2.78. The number of piperidine rings is 1. The van der Waals surface area contributed by atoms with Crippen molar-refractivity contribution in [3.63, 3.8) is 0 Å². The minimum absolute atomic E-state index is 0.0196. The van der Waals surface area contributed by atoms with Crippen LogP contribution in [0, 0.1) is 29.1 Å². The van der Waals surface area contributed by atoms with E-state index in [9.17, 15) is 19.5 Å². The van der Waals surface area contributed by atoms with Crippen LogP contribution in [0.2, 0.25) is 0 Å². The first kappa shape index (κ1) is 19.3. The van der Waals surface area contributed by atoms with E-state index in [2.05, 4.69) is 0 Å². The first-order valence-electron chi connectivity index (χ1n) is 11.2. The molecular formula is C22H31NO6. The van der Waals surface area contributed by atoms with Gasteiger partial charge in [0.05, 0.1) is 28.9 Å². The number of esters is 2. The molecule has 0 radical (unpaired) electrons. The Morgan fingerprint density at radius 2 is 1.90 bits per heavy atom. The number of amides is 1. The zero-order valence-electron chi connectivity index (χ0n) is 17.4. The molecule has 0 unspecified atom stereocenters. The Bertz CT molecular complexity index is 768. The Labute approximate surface area is 171 Å². The van der Waals surface area contributed by atoms with E-state index in [1.807, 2.05) is 25.7 Å². The average molecular weight is 405 g/mol. The number of fused-ring (bicyclic) bond motifs is 3. The van der Waals surface area contributed by atoms with Crippen LogP contribution in [0.4, 0.5) is 0 Å². The number of nitrogens with zero attached hydrogens (tertiary/aromatic N) is 1. The SMILES string of the molecule is CC[C@@H]1[C@H]2OC(=O)[C@H](C)[C@H]2[C@@]2(O)C[C@H]([C@H]3C[C@@H](C)C(=O)O3)N3CCCC[C@@]12C3=O. The average Bonchev–Trinajstić information content (AvgIpc) is 3.19. The third kappa shape index (κ3) is 2.20. The van der Waals surface area contributed by atoms with Crippen LogP contribution in [0.5, 0.6) is 0 Å². The van der Waals surface area contributed by atoms with Gasteiger partial charge in [-0.05, 0) is 25.7 Å². The van der Waals surface area contributed by atoms with E-state index in [1.165, 1.54) is 0 Å². The van der Waals surface area contributed by atoms with E-state index in [4.69, 9.17) is 9.47 Å². The molecule has 4 heterocycles. The minimum Gasteiger partial charge on any atom is -0.461 e. The lowest BCUT2D eigenvalue weighted by Gasteiger charge is -2.55. The molecule has 160 valence electrons. The van der Waals surface area contributed by atoms with E-state index in [0.29, 0.717) is 32.2 Å². The van der Waals surface area contributed by atoms with Crippen LogP contribution in [-0.4, -0.2) is 58.2 Å². The van der Waals surface area contributed by atoms with Gasteiger partial charge in [0.15, 0.2) is 0 Å². The zero-order chi connectivity index (χ0) is 20.7. The normalized spacial score (nSPS) is 51.4. The van der Waals surface area contributed by atoms with Gasteiger partial charge in [-0.2, -0.15) is 0 Å². The molecule has 1 saturated carbocycles. The highest BCUT2D eigenvalue weighted by molar-refractivity contribution is 5.89. The number of carbonyl (C=O) groups is 3. The summed E-state index contributed by atoms with van der Waals surface area (Å²) in [5.41, 5.74) is -2.22. The Morgan fingerprint density at radius 3 is 2.55 bits per heavy atom. The molecule has 1 amide bonds. The number of rotatable bonds is 2. The Hall–Kier alpha value is -1.63. The van der Waals surface area contributed by atoms with Crippen LogP contribution in [0.1, 0.15) is 59.3 Å². The fourth-order valence-corrected chi connectivity index (χ4v) is 7.53. The summed E-state index contributed by atoms with van der Waals surface area (Å²) in [5, 5.41) is 12.3. The molecule has 4 saturated heterocycles. The van der Waals surface area contributed by atoms with E-state index in [-0.39, 0.29) is 41.6 Å². The van der Waals surface area contributed by atoms with Gasteiger partial charge in [-0.25, -0.2) is 0 Å².